The number of carbonyl (C=O) groups is 1. The summed E-state index contributed by atoms with van der Waals surface area (Å²) < 4.78 is 1.11. The average molecular weight is 402 g/mol. The molecule has 0 aliphatic carbocycles. The van der Waals surface area contributed by atoms with Gasteiger partial charge in [-0.05, 0) is 24.3 Å². The highest BCUT2D eigenvalue weighted by atomic mass is 35.5. The summed E-state index contributed by atoms with van der Waals surface area (Å²) >= 11 is 19.1. The molecule has 3 aromatic rings. The summed E-state index contributed by atoms with van der Waals surface area (Å²) in [5, 5.41) is 9.78. The van der Waals surface area contributed by atoms with Gasteiger partial charge in [0.25, 0.3) is 5.56 Å². The van der Waals surface area contributed by atoms with Crippen LogP contribution in [-0.4, -0.2) is 20.5 Å². The van der Waals surface area contributed by atoms with Crippen LogP contribution in [0.1, 0.15) is 20.9 Å². The molecule has 2 aromatic heterocycles. The Kier molecular flexibility index (Phi) is 4.64. The van der Waals surface area contributed by atoms with Gasteiger partial charge >= 0.3 is 5.97 Å². The highest BCUT2D eigenvalue weighted by Gasteiger charge is 2.15. The predicted octanol–water partition coefficient (Wildman–Crippen LogP) is 4.58. The van der Waals surface area contributed by atoms with Crippen molar-refractivity contribution in [1.82, 2.24) is 9.38 Å². The number of thiazole rings is 1. The normalized spacial score (nSPS) is 11.5. The quantitative estimate of drug-likeness (QED) is 0.697. The molecule has 3 rings (SSSR count). The van der Waals surface area contributed by atoms with Gasteiger partial charge in [-0.25, -0.2) is 9.78 Å². The van der Waals surface area contributed by atoms with Crippen LogP contribution in [0.2, 0.25) is 15.1 Å². The van der Waals surface area contributed by atoms with Crippen LogP contribution in [0.5, 0.6) is 0 Å². The number of halogens is 3. The van der Waals surface area contributed by atoms with E-state index in [9.17, 15) is 9.59 Å². The molecule has 9 heteroatoms. The van der Waals surface area contributed by atoms with Gasteiger partial charge in [0.05, 0.1) is 5.69 Å². The maximum atomic E-state index is 12.2. The number of carboxylic acids is 1. The fourth-order valence-electron chi connectivity index (χ4n) is 1.98. The number of carboxylic acid groups (broad SMARTS) is 1. The topological polar surface area (TPSA) is 71.7 Å². The molecule has 0 saturated heterocycles. The summed E-state index contributed by atoms with van der Waals surface area (Å²) in [6, 6.07) is 5.07. The maximum absolute atomic E-state index is 12.2. The molecule has 0 fully saturated rings. The van der Waals surface area contributed by atoms with E-state index in [4.69, 9.17) is 39.9 Å². The van der Waals surface area contributed by atoms with Crippen molar-refractivity contribution in [2.24, 2.45) is 0 Å². The molecule has 0 aliphatic heterocycles. The highest BCUT2D eigenvalue weighted by Crippen LogP contribution is 2.27. The van der Waals surface area contributed by atoms with E-state index in [-0.39, 0.29) is 20.6 Å². The molecule has 1 N–H and O–H groups in total. The standard InChI is InChI=1S/C15H7Cl3N2O3S/c16-8-2-1-3-9(17)7(8)4-5-10-12(18)13(21)20-6-11(14(22)23)24-15(20)19-10/h1-6H,(H,22,23). The van der Waals surface area contributed by atoms with E-state index in [1.165, 1.54) is 12.3 Å². The van der Waals surface area contributed by atoms with E-state index < -0.39 is 11.5 Å². The predicted molar refractivity (Wildman–Crippen MR) is 96.7 cm³/mol. The van der Waals surface area contributed by atoms with Gasteiger partial charge in [0.15, 0.2) is 4.96 Å². The largest absolute Gasteiger partial charge is 0.477 e. The number of nitrogens with zero attached hydrogens (tertiary/aromatic N) is 2. The van der Waals surface area contributed by atoms with Crippen molar-refractivity contribution in [1.29, 1.82) is 0 Å². The fraction of sp³-hybridized carbons (Fsp3) is 0. The Balaban J connectivity index is 2.13. The molecule has 0 aliphatic rings. The third kappa shape index (κ3) is 3.06. The zero-order valence-electron chi connectivity index (χ0n) is 11.7. The van der Waals surface area contributed by atoms with Crippen molar-refractivity contribution in [2.75, 3.05) is 0 Å². The van der Waals surface area contributed by atoms with Gasteiger partial charge in [-0.15, -0.1) is 0 Å². The number of rotatable bonds is 3. The zero-order valence-corrected chi connectivity index (χ0v) is 14.7. The van der Waals surface area contributed by atoms with E-state index in [2.05, 4.69) is 4.98 Å². The van der Waals surface area contributed by atoms with Crippen LogP contribution in [0.15, 0.2) is 29.2 Å². The minimum Gasteiger partial charge on any atom is -0.477 e. The van der Waals surface area contributed by atoms with E-state index in [0.29, 0.717) is 15.6 Å². The minimum atomic E-state index is -1.14. The van der Waals surface area contributed by atoms with Gasteiger partial charge in [0.1, 0.15) is 9.90 Å². The molecule has 5 nitrogen and oxygen atoms in total. The van der Waals surface area contributed by atoms with Crippen molar-refractivity contribution < 1.29 is 9.90 Å². The van der Waals surface area contributed by atoms with Crippen LogP contribution in [0.4, 0.5) is 0 Å². The molecule has 0 bridgehead atoms. The second kappa shape index (κ2) is 6.57. The number of aromatic nitrogens is 2. The SMILES string of the molecule is O=C(O)c1cn2c(=O)c(Cl)c(C=Cc3c(Cl)cccc3Cl)nc2s1. The van der Waals surface area contributed by atoms with E-state index in [1.807, 2.05) is 0 Å². The summed E-state index contributed by atoms with van der Waals surface area (Å²) in [6.07, 6.45) is 4.31. The molecule has 0 radical (unpaired) electrons. The lowest BCUT2D eigenvalue weighted by Gasteiger charge is -2.02. The Morgan fingerprint density at radius 3 is 2.50 bits per heavy atom. The first-order chi connectivity index (χ1) is 11.4. The van der Waals surface area contributed by atoms with Gasteiger partial charge in [-0.1, -0.05) is 52.2 Å². The van der Waals surface area contributed by atoms with E-state index in [1.54, 1.807) is 24.3 Å². The first-order valence-corrected chi connectivity index (χ1v) is 8.40. The minimum absolute atomic E-state index is 0.00838. The van der Waals surface area contributed by atoms with Crippen molar-refractivity contribution in [3.8, 4) is 0 Å². The number of benzene rings is 1. The van der Waals surface area contributed by atoms with Gasteiger partial charge in [0.2, 0.25) is 0 Å². The first kappa shape index (κ1) is 17.0. The highest BCUT2D eigenvalue weighted by molar-refractivity contribution is 7.18. The third-order valence-electron chi connectivity index (χ3n) is 3.12. The first-order valence-electron chi connectivity index (χ1n) is 6.45. The lowest BCUT2D eigenvalue weighted by atomic mass is 10.2. The number of hydrogen-bond donors (Lipinski definition) is 1. The second-order valence-electron chi connectivity index (χ2n) is 4.64. The second-order valence-corrected chi connectivity index (χ2v) is 6.84. The third-order valence-corrected chi connectivity index (χ3v) is 5.10. The molecule has 0 atom stereocenters. The van der Waals surface area contributed by atoms with Crippen molar-refractivity contribution in [3.05, 3.63) is 66.0 Å². The smallest absolute Gasteiger partial charge is 0.347 e. The Morgan fingerprint density at radius 1 is 1.21 bits per heavy atom. The zero-order chi connectivity index (χ0) is 17.4. The number of aromatic carboxylic acids is 1. The van der Waals surface area contributed by atoms with Gasteiger partial charge in [0, 0.05) is 21.8 Å². The Labute approximate surface area is 154 Å². The maximum Gasteiger partial charge on any atom is 0.347 e. The molecule has 0 amide bonds. The van der Waals surface area contributed by atoms with Crippen molar-refractivity contribution >= 4 is 69.2 Å². The molecule has 122 valence electrons. The molecule has 24 heavy (non-hydrogen) atoms. The number of fused-ring (bicyclic) bond motifs is 1. The van der Waals surface area contributed by atoms with Crippen LogP contribution in [0.3, 0.4) is 0 Å². The molecular formula is C15H7Cl3N2O3S. The van der Waals surface area contributed by atoms with Crippen LogP contribution in [0, 0.1) is 0 Å². The van der Waals surface area contributed by atoms with Gasteiger partial charge < -0.3 is 5.11 Å². The summed E-state index contributed by atoms with van der Waals surface area (Å²) in [5.74, 6) is -1.14. The molecular weight excluding hydrogens is 395 g/mol. The van der Waals surface area contributed by atoms with Crippen LogP contribution < -0.4 is 5.56 Å². The Bertz CT molecular complexity index is 1040. The lowest BCUT2D eigenvalue weighted by molar-refractivity contribution is 0.0702. The van der Waals surface area contributed by atoms with Crippen LogP contribution in [0.25, 0.3) is 17.1 Å². The molecule has 0 saturated carbocycles. The van der Waals surface area contributed by atoms with Gasteiger partial charge in [-0.2, -0.15) is 0 Å². The summed E-state index contributed by atoms with van der Waals surface area (Å²) in [5.41, 5.74) is 0.225. The molecule has 0 unspecified atom stereocenters. The molecule has 0 spiro atoms. The van der Waals surface area contributed by atoms with E-state index >= 15 is 0 Å². The monoisotopic (exact) mass is 400 g/mol. The fourth-order valence-corrected chi connectivity index (χ4v) is 3.52. The van der Waals surface area contributed by atoms with Crippen molar-refractivity contribution in [2.45, 2.75) is 0 Å². The Hall–Kier alpha value is -1.86. The summed E-state index contributed by atoms with van der Waals surface area (Å²) in [4.78, 5) is 27.7. The summed E-state index contributed by atoms with van der Waals surface area (Å²) in [7, 11) is 0. The summed E-state index contributed by atoms with van der Waals surface area (Å²) in [6.45, 7) is 0. The van der Waals surface area contributed by atoms with Crippen molar-refractivity contribution in [3.63, 3.8) is 0 Å². The Morgan fingerprint density at radius 2 is 1.88 bits per heavy atom. The average Bonchev–Trinajstić information content (AvgIpc) is 2.96. The van der Waals surface area contributed by atoms with Crippen LogP contribution >= 0.6 is 46.1 Å². The lowest BCUT2D eigenvalue weighted by Crippen LogP contribution is -2.14. The van der Waals surface area contributed by atoms with Gasteiger partial charge in [-0.3, -0.25) is 9.20 Å². The molecule has 2 heterocycles. The molecule has 1 aromatic carbocycles. The number of hydrogen-bond acceptors (Lipinski definition) is 4. The van der Waals surface area contributed by atoms with E-state index in [0.717, 1.165) is 15.7 Å². The van der Waals surface area contributed by atoms with Crippen LogP contribution in [-0.2, 0) is 0 Å².